The number of carbonyl (C=O) groups is 1. The van der Waals surface area contributed by atoms with Crippen LogP contribution in [0.3, 0.4) is 0 Å². The van der Waals surface area contributed by atoms with E-state index in [1.165, 1.54) is 17.0 Å². The normalized spacial score (nSPS) is 22.0. The SMILES string of the molecule is CC1CS(=O)(=O)CCN1C(=O)c1ccc(NN)nn1. The Kier molecular flexibility index (Phi) is 3.67. The van der Waals surface area contributed by atoms with Gasteiger partial charge in [-0.15, -0.1) is 10.2 Å². The molecule has 1 unspecified atom stereocenters. The molecule has 1 atom stereocenters. The molecule has 0 spiro atoms. The van der Waals surface area contributed by atoms with Crippen LogP contribution in [-0.2, 0) is 9.84 Å². The van der Waals surface area contributed by atoms with Gasteiger partial charge in [0.1, 0.15) is 0 Å². The number of nitrogens with two attached hydrogens (primary N) is 1. The number of nitrogens with one attached hydrogen (secondary N) is 1. The molecule has 9 heteroatoms. The molecule has 0 radical (unpaired) electrons. The molecule has 1 aromatic rings. The van der Waals surface area contributed by atoms with Crippen molar-refractivity contribution in [3.63, 3.8) is 0 Å². The van der Waals surface area contributed by atoms with E-state index in [1.807, 2.05) is 0 Å². The van der Waals surface area contributed by atoms with E-state index in [0.29, 0.717) is 5.82 Å². The van der Waals surface area contributed by atoms with Crippen molar-refractivity contribution >= 4 is 21.6 Å². The Hall–Kier alpha value is -1.74. The molecule has 1 saturated heterocycles. The number of carbonyl (C=O) groups excluding carboxylic acids is 1. The van der Waals surface area contributed by atoms with E-state index in [9.17, 15) is 13.2 Å². The number of nitrogens with zero attached hydrogens (tertiary/aromatic N) is 3. The van der Waals surface area contributed by atoms with E-state index in [4.69, 9.17) is 5.84 Å². The number of rotatable bonds is 2. The summed E-state index contributed by atoms with van der Waals surface area (Å²) in [7, 11) is -3.05. The van der Waals surface area contributed by atoms with Crippen molar-refractivity contribution in [3.05, 3.63) is 17.8 Å². The average Bonchev–Trinajstić information content (AvgIpc) is 2.37. The lowest BCUT2D eigenvalue weighted by Crippen LogP contribution is -2.49. The molecule has 3 N–H and O–H groups in total. The molecule has 0 aliphatic carbocycles. The molecule has 0 saturated carbocycles. The standard InChI is InChI=1S/C10H15N5O3S/c1-7-6-19(17,18)5-4-15(7)10(16)8-2-3-9(12-11)14-13-8/h2-3,7H,4-6,11H2,1H3,(H,12,14). The van der Waals surface area contributed by atoms with E-state index < -0.39 is 9.84 Å². The largest absolute Gasteiger partial charge is 0.333 e. The summed E-state index contributed by atoms with van der Waals surface area (Å²) in [6.07, 6.45) is 0. The third-order valence-electron chi connectivity index (χ3n) is 2.96. The summed E-state index contributed by atoms with van der Waals surface area (Å²) >= 11 is 0. The predicted octanol–water partition coefficient (Wildman–Crippen LogP) is -0.979. The maximum absolute atomic E-state index is 12.2. The molecular formula is C10H15N5O3S. The first-order valence-corrected chi connectivity index (χ1v) is 7.57. The topological polar surface area (TPSA) is 118 Å². The third-order valence-corrected chi connectivity index (χ3v) is 4.76. The fourth-order valence-corrected chi connectivity index (χ4v) is 3.53. The van der Waals surface area contributed by atoms with Crippen LogP contribution in [0.2, 0.25) is 0 Å². The molecule has 19 heavy (non-hydrogen) atoms. The molecular weight excluding hydrogens is 270 g/mol. The monoisotopic (exact) mass is 285 g/mol. The molecule has 2 rings (SSSR count). The number of hydrogen-bond acceptors (Lipinski definition) is 7. The van der Waals surface area contributed by atoms with Crippen LogP contribution in [0.4, 0.5) is 5.82 Å². The lowest BCUT2D eigenvalue weighted by Gasteiger charge is -2.32. The van der Waals surface area contributed by atoms with Crippen molar-refractivity contribution in [2.24, 2.45) is 5.84 Å². The average molecular weight is 285 g/mol. The number of sulfone groups is 1. The highest BCUT2D eigenvalue weighted by atomic mass is 32.2. The molecule has 1 aliphatic heterocycles. The quantitative estimate of drug-likeness (QED) is 0.529. The number of aromatic nitrogens is 2. The molecule has 0 bridgehead atoms. The van der Waals surface area contributed by atoms with Gasteiger partial charge in [0.05, 0.1) is 11.5 Å². The first kappa shape index (κ1) is 13.7. The van der Waals surface area contributed by atoms with E-state index in [1.54, 1.807) is 6.92 Å². The third kappa shape index (κ3) is 2.99. The van der Waals surface area contributed by atoms with Gasteiger partial charge in [-0.05, 0) is 19.1 Å². The summed E-state index contributed by atoms with van der Waals surface area (Å²) in [4.78, 5) is 13.7. The highest BCUT2D eigenvalue weighted by molar-refractivity contribution is 7.91. The van der Waals surface area contributed by atoms with Crippen molar-refractivity contribution in [2.45, 2.75) is 13.0 Å². The maximum atomic E-state index is 12.2. The fourth-order valence-electron chi connectivity index (χ4n) is 1.97. The lowest BCUT2D eigenvalue weighted by atomic mass is 10.2. The summed E-state index contributed by atoms with van der Waals surface area (Å²) in [6.45, 7) is 1.89. The minimum Gasteiger partial charge on any atom is -0.333 e. The summed E-state index contributed by atoms with van der Waals surface area (Å²) in [5.74, 6) is 5.15. The Morgan fingerprint density at radius 1 is 1.47 bits per heavy atom. The Morgan fingerprint density at radius 3 is 2.74 bits per heavy atom. The lowest BCUT2D eigenvalue weighted by molar-refractivity contribution is 0.0705. The van der Waals surface area contributed by atoms with Crippen LogP contribution < -0.4 is 11.3 Å². The first-order chi connectivity index (χ1) is 8.93. The van der Waals surface area contributed by atoms with E-state index in [-0.39, 0.29) is 35.7 Å². The highest BCUT2D eigenvalue weighted by Gasteiger charge is 2.32. The van der Waals surface area contributed by atoms with Crippen molar-refractivity contribution < 1.29 is 13.2 Å². The van der Waals surface area contributed by atoms with E-state index >= 15 is 0 Å². The van der Waals surface area contributed by atoms with Crippen molar-refractivity contribution in [1.82, 2.24) is 15.1 Å². The number of amides is 1. The second-order valence-electron chi connectivity index (χ2n) is 4.41. The maximum Gasteiger partial charge on any atom is 0.274 e. The van der Waals surface area contributed by atoms with Gasteiger partial charge in [-0.2, -0.15) is 0 Å². The minimum atomic E-state index is -3.05. The Morgan fingerprint density at radius 2 is 2.21 bits per heavy atom. The van der Waals surface area contributed by atoms with Gasteiger partial charge in [0.15, 0.2) is 21.3 Å². The van der Waals surface area contributed by atoms with Gasteiger partial charge < -0.3 is 10.3 Å². The van der Waals surface area contributed by atoms with Crippen LogP contribution in [0, 0.1) is 0 Å². The summed E-state index contributed by atoms with van der Waals surface area (Å²) in [5, 5.41) is 7.48. The zero-order valence-corrected chi connectivity index (χ0v) is 11.2. The Balaban J connectivity index is 2.15. The smallest absolute Gasteiger partial charge is 0.274 e. The Bertz CT molecular complexity index is 571. The van der Waals surface area contributed by atoms with Gasteiger partial charge >= 0.3 is 0 Å². The fraction of sp³-hybridized carbons (Fsp3) is 0.500. The van der Waals surface area contributed by atoms with Gasteiger partial charge in [0.2, 0.25) is 0 Å². The summed E-state index contributed by atoms with van der Waals surface area (Å²) in [6, 6.07) is 2.67. The second kappa shape index (κ2) is 5.10. The minimum absolute atomic E-state index is 0.0149. The van der Waals surface area contributed by atoms with E-state index in [2.05, 4.69) is 15.6 Å². The van der Waals surface area contributed by atoms with E-state index in [0.717, 1.165) is 0 Å². The summed E-state index contributed by atoms with van der Waals surface area (Å²) < 4.78 is 22.9. The molecule has 8 nitrogen and oxygen atoms in total. The predicted molar refractivity (Wildman–Crippen MR) is 69.0 cm³/mol. The van der Waals surface area contributed by atoms with Crippen LogP contribution in [0.25, 0.3) is 0 Å². The number of anilines is 1. The van der Waals surface area contributed by atoms with Crippen LogP contribution >= 0.6 is 0 Å². The second-order valence-corrected chi connectivity index (χ2v) is 6.64. The number of hydrazine groups is 1. The molecule has 104 valence electrons. The van der Waals surface area contributed by atoms with Crippen LogP contribution in [-0.4, -0.2) is 53.5 Å². The number of hydrogen-bond donors (Lipinski definition) is 2. The van der Waals surface area contributed by atoms with Crippen LogP contribution in [0.5, 0.6) is 0 Å². The zero-order valence-electron chi connectivity index (χ0n) is 10.4. The molecule has 1 aliphatic rings. The molecule has 0 aromatic carbocycles. The molecule has 1 fully saturated rings. The van der Waals surface area contributed by atoms with Gasteiger partial charge in [-0.25, -0.2) is 14.3 Å². The van der Waals surface area contributed by atoms with Crippen LogP contribution in [0.15, 0.2) is 12.1 Å². The molecule has 1 amide bonds. The Labute approximate surface area is 110 Å². The summed E-state index contributed by atoms with van der Waals surface area (Å²) in [5.41, 5.74) is 2.49. The van der Waals surface area contributed by atoms with Gasteiger partial charge in [0.25, 0.3) is 5.91 Å². The van der Waals surface area contributed by atoms with Crippen molar-refractivity contribution in [2.75, 3.05) is 23.5 Å². The number of nitrogen functional groups attached to an aromatic ring is 1. The van der Waals surface area contributed by atoms with Crippen LogP contribution in [0.1, 0.15) is 17.4 Å². The molecule has 2 heterocycles. The van der Waals surface area contributed by atoms with Gasteiger partial charge in [-0.1, -0.05) is 0 Å². The first-order valence-electron chi connectivity index (χ1n) is 5.75. The molecule has 1 aromatic heterocycles. The van der Waals surface area contributed by atoms with Crippen molar-refractivity contribution in [1.29, 1.82) is 0 Å². The zero-order chi connectivity index (χ0) is 14.0. The van der Waals surface area contributed by atoms with Gasteiger partial charge in [-0.3, -0.25) is 4.79 Å². The highest BCUT2D eigenvalue weighted by Crippen LogP contribution is 2.14. The van der Waals surface area contributed by atoms with Crippen molar-refractivity contribution in [3.8, 4) is 0 Å². The van der Waals surface area contributed by atoms with Gasteiger partial charge in [0, 0.05) is 12.6 Å².